The molecule has 1 aromatic carbocycles. The minimum atomic E-state index is 0.0896. The Morgan fingerprint density at radius 3 is 2.33 bits per heavy atom. The molecule has 0 atom stereocenters. The highest BCUT2D eigenvalue weighted by Gasteiger charge is 2.14. The molecule has 0 aliphatic heterocycles. The third kappa shape index (κ3) is 5.01. The Kier molecular flexibility index (Phi) is 6.62. The maximum Gasteiger partial charge on any atom is 0.242 e. The summed E-state index contributed by atoms with van der Waals surface area (Å²) < 4.78 is 0. The molecule has 0 saturated carbocycles. The van der Waals surface area contributed by atoms with E-state index in [1.165, 1.54) is 11.1 Å². The third-order valence-corrected chi connectivity index (χ3v) is 4.01. The Hall–Kier alpha value is -1.62. The van der Waals surface area contributed by atoms with E-state index in [1.807, 2.05) is 27.0 Å². The van der Waals surface area contributed by atoms with E-state index in [-0.39, 0.29) is 5.91 Å². The van der Waals surface area contributed by atoms with Crippen molar-refractivity contribution in [1.82, 2.24) is 9.80 Å². The van der Waals surface area contributed by atoms with Gasteiger partial charge in [-0.05, 0) is 63.2 Å². The Bertz CT molecular complexity index is 512. The van der Waals surface area contributed by atoms with Gasteiger partial charge in [0, 0.05) is 25.8 Å². The van der Waals surface area contributed by atoms with Gasteiger partial charge in [0.05, 0.1) is 6.54 Å². The van der Waals surface area contributed by atoms with Gasteiger partial charge in [-0.3, -0.25) is 4.79 Å². The number of carbonyl (C=O) groups is 1. The molecule has 0 aromatic heterocycles. The number of rotatable bonds is 5. The van der Waals surface area contributed by atoms with Crippen LogP contribution in [0.15, 0.2) is 18.2 Å². The number of likely N-dealkylation sites (N-methyl/N-ethyl adjacent to an activating group) is 2. The van der Waals surface area contributed by atoms with Gasteiger partial charge in [0.15, 0.2) is 5.11 Å². The second-order valence-corrected chi connectivity index (χ2v) is 5.54. The van der Waals surface area contributed by atoms with Crippen LogP contribution in [-0.2, 0) is 4.79 Å². The van der Waals surface area contributed by atoms with E-state index in [4.69, 9.17) is 12.2 Å². The number of nitrogens with zero attached hydrogens (tertiary/aromatic N) is 2. The zero-order valence-electron chi connectivity index (χ0n) is 13.6. The van der Waals surface area contributed by atoms with Crippen molar-refractivity contribution in [2.45, 2.75) is 27.7 Å². The highest BCUT2D eigenvalue weighted by atomic mass is 32.1. The first-order valence-corrected chi connectivity index (χ1v) is 7.67. The Labute approximate surface area is 133 Å². The lowest BCUT2D eigenvalue weighted by Crippen LogP contribution is -2.42. The minimum Gasteiger partial charge on any atom is -0.343 e. The van der Waals surface area contributed by atoms with Crippen LogP contribution in [0.5, 0.6) is 0 Å². The number of carbonyl (C=O) groups excluding carboxylic acids is 1. The number of hydrogen-bond donors (Lipinski definition) is 1. The molecule has 116 valence electrons. The van der Waals surface area contributed by atoms with Crippen LogP contribution in [0, 0.1) is 13.8 Å². The normalized spacial score (nSPS) is 10.1. The molecule has 1 N–H and O–H groups in total. The van der Waals surface area contributed by atoms with E-state index >= 15 is 0 Å². The molecule has 5 heteroatoms. The molecule has 0 aliphatic rings. The van der Waals surface area contributed by atoms with Crippen LogP contribution in [0.3, 0.4) is 0 Å². The van der Waals surface area contributed by atoms with Crippen LogP contribution in [0.2, 0.25) is 0 Å². The van der Waals surface area contributed by atoms with Crippen LogP contribution >= 0.6 is 12.2 Å². The topological polar surface area (TPSA) is 35.6 Å². The van der Waals surface area contributed by atoms with E-state index < -0.39 is 0 Å². The van der Waals surface area contributed by atoms with E-state index in [9.17, 15) is 4.79 Å². The lowest BCUT2D eigenvalue weighted by atomic mass is 10.1. The van der Waals surface area contributed by atoms with E-state index in [0.717, 1.165) is 18.8 Å². The summed E-state index contributed by atoms with van der Waals surface area (Å²) in [6.45, 7) is 9.84. The first kappa shape index (κ1) is 17.4. The molecule has 0 spiro atoms. The largest absolute Gasteiger partial charge is 0.343 e. The predicted octanol–water partition coefficient (Wildman–Crippen LogP) is 2.80. The molecule has 21 heavy (non-hydrogen) atoms. The van der Waals surface area contributed by atoms with Gasteiger partial charge in [0.2, 0.25) is 5.91 Å². The third-order valence-electron chi connectivity index (χ3n) is 3.59. The molecule has 0 aliphatic carbocycles. The monoisotopic (exact) mass is 307 g/mol. The zero-order chi connectivity index (χ0) is 16.0. The van der Waals surface area contributed by atoms with Gasteiger partial charge in [-0.1, -0.05) is 6.07 Å². The number of hydrogen-bond acceptors (Lipinski definition) is 2. The maximum atomic E-state index is 12.1. The number of thiocarbonyl (C=S) groups is 1. The standard InChI is InChI=1S/C16H25N3OS/c1-6-19(7-2)15(20)11-18(5)16(21)17-14-9-8-12(3)13(4)10-14/h8-10H,6-7,11H2,1-5H3,(H,17,21). The SMILES string of the molecule is CCN(CC)C(=O)CN(C)C(=S)Nc1ccc(C)c(C)c1. The molecule has 0 unspecified atom stereocenters. The number of anilines is 1. The van der Waals surface area contributed by atoms with Crippen molar-refractivity contribution >= 4 is 28.9 Å². The second-order valence-electron chi connectivity index (χ2n) is 5.15. The molecular formula is C16H25N3OS. The van der Waals surface area contributed by atoms with Gasteiger partial charge in [-0.15, -0.1) is 0 Å². The molecule has 1 rings (SSSR count). The second kappa shape index (κ2) is 7.98. The van der Waals surface area contributed by atoms with Crippen LogP contribution in [0.4, 0.5) is 5.69 Å². The van der Waals surface area contributed by atoms with E-state index in [2.05, 4.69) is 31.3 Å². The van der Waals surface area contributed by atoms with E-state index in [1.54, 1.807) is 9.80 Å². The Morgan fingerprint density at radius 2 is 1.81 bits per heavy atom. The van der Waals surface area contributed by atoms with Crippen molar-refractivity contribution < 1.29 is 4.79 Å². The van der Waals surface area contributed by atoms with Gasteiger partial charge in [-0.25, -0.2) is 0 Å². The summed E-state index contributed by atoms with van der Waals surface area (Å²) in [7, 11) is 1.83. The average molecular weight is 307 g/mol. The average Bonchev–Trinajstić information content (AvgIpc) is 2.44. The fourth-order valence-electron chi connectivity index (χ4n) is 1.99. The van der Waals surface area contributed by atoms with Crippen LogP contribution in [0.1, 0.15) is 25.0 Å². The number of aryl methyl sites for hydroxylation is 2. The molecule has 1 aromatic rings. The van der Waals surface area contributed by atoms with Crippen molar-refractivity contribution in [2.24, 2.45) is 0 Å². The number of amides is 1. The highest BCUT2D eigenvalue weighted by Crippen LogP contribution is 2.14. The summed E-state index contributed by atoms with van der Waals surface area (Å²) in [5, 5.41) is 3.73. The molecule has 0 heterocycles. The molecule has 0 saturated heterocycles. The Morgan fingerprint density at radius 1 is 1.19 bits per heavy atom. The zero-order valence-corrected chi connectivity index (χ0v) is 14.4. The lowest BCUT2D eigenvalue weighted by molar-refractivity contribution is -0.130. The van der Waals surface area contributed by atoms with Crippen molar-refractivity contribution in [3.05, 3.63) is 29.3 Å². The summed E-state index contributed by atoms with van der Waals surface area (Å²) in [6, 6.07) is 6.11. The highest BCUT2D eigenvalue weighted by molar-refractivity contribution is 7.80. The summed E-state index contributed by atoms with van der Waals surface area (Å²) in [5.74, 6) is 0.0896. The van der Waals surface area contributed by atoms with Gasteiger partial charge in [0.1, 0.15) is 0 Å². The fourth-order valence-corrected chi connectivity index (χ4v) is 2.17. The maximum absolute atomic E-state index is 12.1. The molecule has 0 bridgehead atoms. The summed E-state index contributed by atoms with van der Waals surface area (Å²) in [6.07, 6.45) is 0. The Balaban J connectivity index is 2.62. The minimum absolute atomic E-state index is 0.0896. The lowest BCUT2D eigenvalue weighted by Gasteiger charge is -2.25. The van der Waals surface area contributed by atoms with Crippen LogP contribution in [0.25, 0.3) is 0 Å². The fraction of sp³-hybridized carbons (Fsp3) is 0.500. The summed E-state index contributed by atoms with van der Waals surface area (Å²) in [4.78, 5) is 15.6. The van der Waals surface area contributed by atoms with Crippen molar-refractivity contribution in [3.63, 3.8) is 0 Å². The molecular weight excluding hydrogens is 282 g/mol. The number of benzene rings is 1. The predicted molar refractivity (Wildman–Crippen MR) is 92.7 cm³/mol. The van der Waals surface area contributed by atoms with Gasteiger partial charge in [-0.2, -0.15) is 0 Å². The van der Waals surface area contributed by atoms with Crippen LogP contribution in [-0.4, -0.2) is 47.5 Å². The smallest absolute Gasteiger partial charge is 0.242 e. The van der Waals surface area contributed by atoms with Gasteiger partial charge in [0.25, 0.3) is 0 Å². The van der Waals surface area contributed by atoms with Gasteiger partial charge < -0.3 is 15.1 Å². The first-order valence-electron chi connectivity index (χ1n) is 7.26. The summed E-state index contributed by atoms with van der Waals surface area (Å²) >= 11 is 5.36. The van der Waals surface area contributed by atoms with Crippen molar-refractivity contribution in [1.29, 1.82) is 0 Å². The quantitative estimate of drug-likeness (QED) is 0.849. The molecule has 0 radical (unpaired) electrons. The van der Waals surface area contributed by atoms with E-state index in [0.29, 0.717) is 11.7 Å². The summed E-state index contributed by atoms with van der Waals surface area (Å²) in [5.41, 5.74) is 3.41. The van der Waals surface area contributed by atoms with Crippen molar-refractivity contribution in [3.8, 4) is 0 Å². The van der Waals surface area contributed by atoms with Gasteiger partial charge >= 0.3 is 0 Å². The van der Waals surface area contributed by atoms with Crippen molar-refractivity contribution in [2.75, 3.05) is 32.0 Å². The first-order chi connectivity index (χ1) is 9.88. The molecule has 1 amide bonds. The molecule has 4 nitrogen and oxygen atoms in total. The van der Waals surface area contributed by atoms with Crippen LogP contribution < -0.4 is 5.32 Å². The molecule has 0 fully saturated rings. The number of nitrogens with one attached hydrogen (secondary N) is 1.